The fourth-order valence-corrected chi connectivity index (χ4v) is 3.95. The number of aliphatic hydroxyl groups is 1. The van der Waals surface area contributed by atoms with Crippen LogP contribution in [-0.2, 0) is 9.59 Å². The number of hydrogen-bond acceptors (Lipinski definition) is 4. The van der Waals surface area contributed by atoms with E-state index in [-0.39, 0.29) is 23.4 Å². The van der Waals surface area contributed by atoms with Crippen molar-refractivity contribution in [2.75, 3.05) is 26.2 Å². The molecule has 0 spiro atoms. The van der Waals surface area contributed by atoms with E-state index in [9.17, 15) is 19.1 Å². The molecule has 1 atom stereocenters. The molecule has 0 aromatic heterocycles. The Morgan fingerprint density at radius 2 is 1.73 bits per heavy atom. The van der Waals surface area contributed by atoms with Gasteiger partial charge in [0.2, 0.25) is 0 Å². The molecule has 158 valence electrons. The number of likely N-dealkylation sites (N-methyl/N-ethyl adjacent to an activating group) is 1. The SMILES string of the molecule is CCN(CC)CCN1C(=O)C(=O)C(=C(O)c2ccc(Br)cc2)[C@@H]1c1ccccc1F. The maximum Gasteiger partial charge on any atom is 0.295 e. The van der Waals surface area contributed by atoms with Gasteiger partial charge in [-0.25, -0.2) is 4.39 Å². The fraction of sp³-hybridized carbons (Fsp3) is 0.304. The van der Waals surface area contributed by atoms with Crippen LogP contribution in [0.25, 0.3) is 5.76 Å². The lowest BCUT2D eigenvalue weighted by molar-refractivity contribution is -0.140. The minimum atomic E-state index is -0.981. The molecule has 1 aliphatic rings. The number of hydrogen-bond donors (Lipinski definition) is 1. The highest BCUT2D eigenvalue weighted by molar-refractivity contribution is 9.10. The molecule has 1 heterocycles. The standard InChI is InChI=1S/C23H24BrFN2O3/c1-3-26(4-2)13-14-27-20(17-7-5-6-8-18(17)25)19(22(29)23(27)30)21(28)15-9-11-16(24)12-10-15/h5-12,20,28H,3-4,13-14H2,1-2H3/t20-/m0/s1. The number of rotatable bonds is 7. The van der Waals surface area contributed by atoms with E-state index in [1.807, 2.05) is 13.8 Å². The van der Waals surface area contributed by atoms with Gasteiger partial charge in [0.05, 0.1) is 11.6 Å². The van der Waals surface area contributed by atoms with Crippen LogP contribution in [0.5, 0.6) is 0 Å². The Labute approximate surface area is 183 Å². The van der Waals surface area contributed by atoms with E-state index in [2.05, 4.69) is 20.8 Å². The van der Waals surface area contributed by atoms with Crippen molar-refractivity contribution in [2.45, 2.75) is 19.9 Å². The molecule has 0 bridgehead atoms. The normalized spacial score (nSPS) is 18.4. The van der Waals surface area contributed by atoms with E-state index < -0.39 is 23.5 Å². The van der Waals surface area contributed by atoms with Gasteiger partial charge in [-0.2, -0.15) is 0 Å². The second-order valence-corrected chi connectivity index (χ2v) is 7.96. The molecule has 0 saturated carbocycles. The first kappa shape index (κ1) is 22.2. The van der Waals surface area contributed by atoms with Crippen LogP contribution in [-0.4, -0.2) is 52.8 Å². The number of amides is 1. The van der Waals surface area contributed by atoms with Gasteiger partial charge >= 0.3 is 0 Å². The minimum Gasteiger partial charge on any atom is -0.507 e. The summed E-state index contributed by atoms with van der Waals surface area (Å²) in [4.78, 5) is 29.3. The largest absolute Gasteiger partial charge is 0.507 e. The zero-order valence-corrected chi connectivity index (χ0v) is 18.5. The number of ketones is 1. The van der Waals surface area contributed by atoms with Gasteiger partial charge in [-0.1, -0.05) is 60.1 Å². The second-order valence-electron chi connectivity index (χ2n) is 7.05. The van der Waals surface area contributed by atoms with Crippen LogP contribution in [0, 0.1) is 5.82 Å². The third-order valence-corrected chi connectivity index (χ3v) is 5.94. The van der Waals surface area contributed by atoms with Crippen molar-refractivity contribution in [1.29, 1.82) is 0 Å². The third kappa shape index (κ3) is 4.32. The third-order valence-electron chi connectivity index (χ3n) is 5.41. The van der Waals surface area contributed by atoms with Crippen LogP contribution < -0.4 is 0 Å². The van der Waals surface area contributed by atoms with Gasteiger partial charge in [0, 0.05) is 28.7 Å². The molecular formula is C23H24BrFN2O3. The van der Waals surface area contributed by atoms with E-state index in [4.69, 9.17) is 0 Å². The molecule has 7 heteroatoms. The first-order valence-electron chi connectivity index (χ1n) is 9.90. The average molecular weight is 475 g/mol. The smallest absolute Gasteiger partial charge is 0.295 e. The lowest BCUT2D eigenvalue weighted by atomic mass is 9.95. The van der Waals surface area contributed by atoms with Crippen molar-refractivity contribution in [3.8, 4) is 0 Å². The number of halogens is 2. The Morgan fingerprint density at radius 1 is 1.10 bits per heavy atom. The van der Waals surface area contributed by atoms with E-state index in [0.29, 0.717) is 12.1 Å². The van der Waals surface area contributed by atoms with Crippen molar-refractivity contribution in [3.05, 3.63) is 75.5 Å². The van der Waals surface area contributed by atoms with Crippen molar-refractivity contribution in [1.82, 2.24) is 9.80 Å². The predicted octanol–water partition coefficient (Wildman–Crippen LogP) is 4.35. The monoisotopic (exact) mass is 474 g/mol. The van der Waals surface area contributed by atoms with Crippen LogP contribution in [0.3, 0.4) is 0 Å². The topological polar surface area (TPSA) is 60.9 Å². The van der Waals surface area contributed by atoms with Gasteiger partial charge in [0.1, 0.15) is 11.6 Å². The summed E-state index contributed by atoms with van der Waals surface area (Å²) in [6, 6.07) is 11.8. The zero-order chi connectivity index (χ0) is 21.8. The number of likely N-dealkylation sites (tertiary alicyclic amines) is 1. The Balaban J connectivity index is 2.11. The summed E-state index contributed by atoms with van der Waals surface area (Å²) in [6.07, 6.45) is 0. The van der Waals surface area contributed by atoms with E-state index in [1.54, 1.807) is 42.5 Å². The number of Topliss-reactive ketones (excluding diaryl/α,β-unsaturated/α-hetero) is 1. The van der Waals surface area contributed by atoms with Crippen LogP contribution in [0.4, 0.5) is 4.39 Å². The summed E-state index contributed by atoms with van der Waals surface area (Å²) in [7, 11) is 0. The maximum absolute atomic E-state index is 14.7. The van der Waals surface area contributed by atoms with Crippen LogP contribution >= 0.6 is 15.9 Å². The Hall–Kier alpha value is -2.51. The highest BCUT2D eigenvalue weighted by Crippen LogP contribution is 2.40. The summed E-state index contributed by atoms with van der Waals surface area (Å²) in [5.74, 6) is -2.37. The molecule has 2 aromatic carbocycles. The Kier molecular flexibility index (Phi) is 7.05. The number of carbonyl (C=O) groups is 2. The van der Waals surface area contributed by atoms with Crippen molar-refractivity contribution >= 4 is 33.4 Å². The van der Waals surface area contributed by atoms with E-state index in [0.717, 1.165) is 17.6 Å². The molecule has 0 unspecified atom stereocenters. The quantitative estimate of drug-likeness (QED) is 0.368. The highest BCUT2D eigenvalue weighted by atomic mass is 79.9. The molecule has 1 N–H and O–H groups in total. The van der Waals surface area contributed by atoms with Gasteiger partial charge in [0.15, 0.2) is 0 Å². The molecule has 1 amide bonds. The first-order chi connectivity index (χ1) is 14.4. The molecule has 1 saturated heterocycles. The molecule has 1 fully saturated rings. The average Bonchev–Trinajstić information content (AvgIpc) is 2.99. The van der Waals surface area contributed by atoms with Crippen LogP contribution in [0.15, 0.2) is 58.6 Å². The van der Waals surface area contributed by atoms with Crippen LogP contribution in [0.1, 0.15) is 31.0 Å². The number of benzene rings is 2. The van der Waals surface area contributed by atoms with E-state index >= 15 is 0 Å². The molecular weight excluding hydrogens is 451 g/mol. The zero-order valence-electron chi connectivity index (χ0n) is 16.9. The van der Waals surface area contributed by atoms with Gasteiger partial charge < -0.3 is 14.9 Å². The van der Waals surface area contributed by atoms with Crippen molar-refractivity contribution < 1.29 is 19.1 Å². The van der Waals surface area contributed by atoms with E-state index in [1.165, 1.54) is 11.0 Å². The lowest BCUT2D eigenvalue weighted by Gasteiger charge is -2.28. The highest BCUT2D eigenvalue weighted by Gasteiger charge is 2.46. The predicted molar refractivity (Wildman–Crippen MR) is 117 cm³/mol. The Bertz CT molecular complexity index is 971. The summed E-state index contributed by atoms with van der Waals surface area (Å²) in [5.41, 5.74) is 0.489. The van der Waals surface area contributed by atoms with Crippen LogP contribution in [0.2, 0.25) is 0 Å². The molecule has 0 radical (unpaired) electrons. The number of aliphatic hydroxyl groups excluding tert-OH is 1. The second kappa shape index (κ2) is 9.53. The van der Waals surface area contributed by atoms with Gasteiger partial charge in [-0.3, -0.25) is 9.59 Å². The molecule has 30 heavy (non-hydrogen) atoms. The summed E-state index contributed by atoms with van der Waals surface area (Å²) >= 11 is 3.33. The molecule has 1 aliphatic heterocycles. The minimum absolute atomic E-state index is 0.0908. The molecule has 2 aromatic rings. The van der Waals surface area contributed by atoms with Gasteiger partial charge in [0.25, 0.3) is 11.7 Å². The van der Waals surface area contributed by atoms with Crippen molar-refractivity contribution in [2.24, 2.45) is 0 Å². The maximum atomic E-state index is 14.7. The summed E-state index contributed by atoms with van der Waals surface area (Å²) in [5, 5.41) is 10.9. The van der Waals surface area contributed by atoms with Crippen molar-refractivity contribution in [3.63, 3.8) is 0 Å². The number of nitrogens with zero attached hydrogens (tertiary/aromatic N) is 2. The number of carbonyl (C=O) groups excluding carboxylic acids is 2. The lowest BCUT2D eigenvalue weighted by Crippen LogP contribution is -2.38. The fourth-order valence-electron chi connectivity index (χ4n) is 3.68. The molecule has 3 rings (SSSR count). The molecule has 5 nitrogen and oxygen atoms in total. The summed E-state index contributed by atoms with van der Waals surface area (Å²) in [6.45, 7) is 6.41. The molecule has 0 aliphatic carbocycles. The Morgan fingerprint density at radius 3 is 2.33 bits per heavy atom. The van der Waals surface area contributed by atoms with Gasteiger partial charge in [-0.15, -0.1) is 0 Å². The first-order valence-corrected chi connectivity index (χ1v) is 10.7. The van der Waals surface area contributed by atoms with Gasteiger partial charge in [-0.05, 0) is 31.3 Å². The summed E-state index contributed by atoms with van der Waals surface area (Å²) < 4.78 is 15.5.